The van der Waals surface area contributed by atoms with Crippen LogP contribution in [0.4, 0.5) is 17.1 Å². The summed E-state index contributed by atoms with van der Waals surface area (Å²) in [5.41, 5.74) is 5.36. The van der Waals surface area contributed by atoms with Gasteiger partial charge >= 0.3 is 5.97 Å². The molecule has 0 saturated carbocycles. The van der Waals surface area contributed by atoms with E-state index in [0.717, 1.165) is 35.1 Å². The van der Waals surface area contributed by atoms with Crippen molar-refractivity contribution in [2.75, 3.05) is 18.1 Å². The molecule has 4 aromatic rings. The molecule has 3 aromatic carbocycles. The van der Waals surface area contributed by atoms with Crippen molar-refractivity contribution in [3.63, 3.8) is 0 Å². The lowest BCUT2D eigenvalue weighted by molar-refractivity contribution is -0.645. The number of esters is 1. The highest BCUT2D eigenvalue weighted by atomic mass is 35.5. The molecule has 0 radical (unpaired) electrons. The van der Waals surface area contributed by atoms with Crippen molar-refractivity contribution in [3.05, 3.63) is 83.6 Å². The highest BCUT2D eigenvalue weighted by molar-refractivity contribution is 6.31. The van der Waals surface area contributed by atoms with Gasteiger partial charge in [-0.2, -0.15) is 5.11 Å². The molecule has 0 bridgehead atoms. The zero-order valence-corrected chi connectivity index (χ0v) is 22.8. The molecule has 0 spiro atoms. The number of benzene rings is 3. The van der Waals surface area contributed by atoms with Crippen molar-refractivity contribution in [1.29, 1.82) is 0 Å². The summed E-state index contributed by atoms with van der Waals surface area (Å²) in [6.07, 6.45) is 3.83. The number of aryl methyl sites for hydroxylation is 2. The molecule has 9 heteroatoms. The third kappa shape index (κ3) is 7.31. The molecule has 0 N–H and O–H groups in total. The number of ether oxygens (including phenoxy) is 1. The zero-order chi connectivity index (χ0) is 25.5. The normalized spacial score (nSPS) is 11.0. The molecule has 0 amide bonds. The summed E-state index contributed by atoms with van der Waals surface area (Å²) in [5, 5.41) is 9.55. The van der Waals surface area contributed by atoms with Crippen molar-refractivity contribution < 1.29 is 26.5 Å². The van der Waals surface area contributed by atoms with Gasteiger partial charge in [-0.15, -0.1) is 5.11 Å². The summed E-state index contributed by atoms with van der Waals surface area (Å²) in [5.74, 6) is -0.233. The van der Waals surface area contributed by atoms with E-state index in [1.54, 1.807) is 0 Å². The Morgan fingerprint density at radius 1 is 1.08 bits per heavy atom. The first-order chi connectivity index (χ1) is 17.4. The van der Waals surface area contributed by atoms with E-state index in [9.17, 15) is 4.79 Å². The molecule has 0 saturated heterocycles. The number of rotatable bonds is 10. The van der Waals surface area contributed by atoms with Crippen LogP contribution in [0.1, 0.15) is 25.3 Å². The Balaban J connectivity index is 0.00000380. The number of carbonyl (C=O) groups excluding carboxylic acids is 1. The van der Waals surface area contributed by atoms with E-state index in [1.807, 2.05) is 101 Å². The maximum Gasteiger partial charge on any atom is 0.325 e. The maximum atomic E-state index is 12.5. The van der Waals surface area contributed by atoms with Gasteiger partial charge in [0.15, 0.2) is 5.52 Å². The molecule has 7 nitrogen and oxygen atoms in total. The zero-order valence-electron chi connectivity index (χ0n) is 21.3. The van der Waals surface area contributed by atoms with Gasteiger partial charge in [-0.05, 0) is 42.3 Å². The highest BCUT2D eigenvalue weighted by Gasteiger charge is 2.17. The fraction of sp³-hybridized carbons (Fsp3) is 0.286. The highest BCUT2D eigenvalue weighted by Crippen LogP contribution is 2.30. The van der Waals surface area contributed by atoms with Gasteiger partial charge < -0.3 is 22.0 Å². The van der Waals surface area contributed by atoms with E-state index in [4.69, 9.17) is 16.3 Å². The first-order valence-corrected chi connectivity index (χ1v) is 12.4. The van der Waals surface area contributed by atoms with E-state index >= 15 is 0 Å². The third-order valence-corrected chi connectivity index (χ3v) is 6.12. The van der Waals surface area contributed by atoms with Crippen LogP contribution in [0.2, 0.25) is 5.02 Å². The summed E-state index contributed by atoms with van der Waals surface area (Å²) in [6, 6.07) is 21.5. The number of aromatic nitrogens is 2. The molecule has 0 unspecified atom stereocenters. The summed E-state index contributed by atoms with van der Waals surface area (Å²) in [6.45, 7) is 3.28. The number of carbonyl (C=O) groups is 1. The Morgan fingerprint density at radius 2 is 1.81 bits per heavy atom. The molecule has 0 aliphatic heterocycles. The van der Waals surface area contributed by atoms with Crippen molar-refractivity contribution in [1.82, 2.24) is 4.57 Å². The lowest BCUT2D eigenvalue weighted by Crippen LogP contribution is -3.00. The van der Waals surface area contributed by atoms with Gasteiger partial charge in [-0.25, -0.2) is 9.13 Å². The third-order valence-electron chi connectivity index (χ3n) is 5.90. The molecule has 1 aromatic heterocycles. The first-order valence-electron chi connectivity index (χ1n) is 12.0. The fourth-order valence-corrected chi connectivity index (χ4v) is 4.28. The van der Waals surface area contributed by atoms with E-state index in [0.29, 0.717) is 29.5 Å². The summed E-state index contributed by atoms with van der Waals surface area (Å²) >= 11 is 6.32. The average molecular weight is 540 g/mol. The standard InChI is InChI=1S/C28H31ClN5O2.ClH/c1-4-5-15-36-27(35)19-34(18-21-9-7-6-8-10-21)24-13-11-23(12-14-24)30-31-25-16-22(29)17-26-28(25)33(3)20-32(26)2;/h6-14,16-17,20H,4-5,15,18-19H2,1-3H3;1H/q+1;/p-1. The Labute approximate surface area is 228 Å². The summed E-state index contributed by atoms with van der Waals surface area (Å²) in [4.78, 5) is 14.5. The smallest absolute Gasteiger partial charge is 0.325 e. The molecule has 0 atom stereocenters. The molecule has 4 rings (SSSR count). The number of hydrogen-bond acceptors (Lipinski definition) is 5. The van der Waals surface area contributed by atoms with Crippen LogP contribution in [0.15, 0.2) is 83.3 Å². The van der Waals surface area contributed by atoms with Gasteiger partial charge in [-0.3, -0.25) is 4.79 Å². The van der Waals surface area contributed by atoms with Crippen molar-refractivity contribution in [3.8, 4) is 0 Å². The van der Waals surface area contributed by atoms with Crippen LogP contribution < -0.4 is 21.9 Å². The first kappa shape index (κ1) is 28.2. The van der Waals surface area contributed by atoms with E-state index in [2.05, 4.69) is 17.2 Å². The molecular formula is C28H31Cl2N5O2. The lowest BCUT2D eigenvalue weighted by atomic mass is 10.2. The van der Waals surface area contributed by atoms with Gasteiger partial charge in [0.1, 0.15) is 12.2 Å². The van der Waals surface area contributed by atoms with Gasteiger partial charge in [-0.1, -0.05) is 55.3 Å². The largest absolute Gasteiger partial charge is 1.00 e. The molecule has 0 aliphatic carbocycles. The minimum absolute atomic E-state index is 0. The Kier molecular flexibility index (Phi) is 10.1. The number of imidazole rings is 1. The van der Waals surface area contributed by atoms with E-state index < -0.39 is 0 Å². The minimum atomic E-state index is -0.233. The van der Waals surface area contributed by atoms with Crippen molar-refractivity contribution in [2.24, 2.45) is 24.3 Å². The van der Waals surface area contributed by atoms with Crippen LogP contribution in [0.5, 0.6) is 0 Å². The van der Waals surface area contributed by atoms with Crippen LogP contribution in [0.25, 0.3) is 11.0 Å². The van der Waals surface area contributed by atoms with E-state index in [1.165, 1.54) is 0 Å². The van der Waals surface area contributed by atoms with Crippen molar-refractivity contribution >= 4 is 45.7 Å². The number of halogens is 2. The van der Waals surface area contributed by atoms with Gasteiger partial charge in [0.2, 0.25) is 11.8 Å². The van der Waals surface area contributed by atoms with Crippen molar-refractivity contribution in [2.45, 2.75) is 26.3 Å². The monoisotopic (exact) mass is 539 g/mol. The number of hydrogen-bond donors (Lipinski definition) is 0. The molecule has 1 heterocycles. The van der Waals surface area contributed by atoms with E-state index in [-0.39, 0.29) is 24.9 Å². The predicted octanol–water partition coefficient (Wildman–Crippen LogP) is 3.43. The molecular weight excluding hydrogens is 509 g/mol. The van der Waals surface area contributed by atoms with Gasteiger partial charge in [0.05, 0.1) is 26.4 Å². The minimum Gasteiger partial charge on any atom is -1.00 e. The molecule has 194 valence electrons. The van der Waals surface area contributed by atoms with Gasteiger partial charge in [0, 0.05) is 23.3 Å². The molecule has 0 aliphatic rings. The van der Waals surface area contributed by atoms with Gasteiger partial charge in [0.25, 0.3) is 0 Å². The second kappa shape index (κ2) is 13.2. The average Bonchev–Trinajstić information content (AvgIpc) is 3.16. The van der Waals surface area contributed by atoms with Crippen LogP contribution in [-0.4, -0.2) is 23.7 Å². The molecule has 37 heavy (non-hydrogen) atoms. The number of anilines is 1. The van der Waals surface area contributed by atoms with Crippen LogP contribution in [0, 0.1) is 0 Å². The Hall–Kier alpha value is -3.42. The SMILES string of the molecule is CCCCOC(=O)CN(Cc1ccccc1)c1ccc(N=Nc2cc(Cl)cc3c2[n+](C)cn3C)cc1.[Cl-]. The lowest BCUT2D eigenvalue weighted by Gasteiger charge is -2.24. The Morgan fingerprint density at radius 3 is 2.51 bits per heavy atom. The van der Waals surface area contributed by atoms with Crippen LogP contribution >= 0.6 is 11.6 Å². The predicted molar refractivity (Wildman–Crippen MR) is 143 cm³/mol. The Bertz CT molecular complexity index is 1350. The van der Waals surface area contributed by atoms with Crippen LogP contribution in [-0.2, 0) is 30.2 Å². The quantitative estimate of drug-likeness (QED) is 0.134. The summed E-state index contributed by atoms with van der Waals surface area (Å²) < 4.78 is 9.42. The molecule has 0 fully saturated rings. The topological polar surface area (TPSA) is 63.1 Å². The number of azo groups is 1. The second-order valence-electron chi connectivity index (χ2n) is 8.76. The summed E-state index contributed by atoms with van der Waals surface area (Å²) in [7, 11) is 3.94. The maximum absolute atomic E-state index is 12.5. The number of unbranched alkanes of at least 4 members (excludes halogenated alkanes) is 1. The van der Waals surface area contributed by atoms with Crippen LogP contribution in [0.3, 0.4) is 0 Å². The number of fused-ring (bicyclic) bond motifs is 1. The second-order valence-corrected chi connectivity index (χ2v) is 9.20. The number of nitrogens with zero attached hydrogens (tertiary/aromatic N) is 5. The fourth-order valence-electron chi connectivity index (χ4n) is 4.07.